The maximum absolute atomic E-state index is 12.7. The molecule has 4 nitrogen and oxygen atoms in total. The van der Waals surface area contributed by atoms with Gasteiger partial charge in [0.1, 0.15) is 0 Å². The number of benzene rings is 3. The molecule has 0 amide bonds. The van der Waals surface area contributed by atoms with Gasteiger partial charge in [-0.25, -0.2) is 8.42 Å². The van der Waals surface area contributed by atoms with Gasteiger partial charge >= 0.3 is 0 Å². The number of aliphatic hydroxyl groups is 1. The Labute approximate surface area is 160 Å². The first-order chi connectivity index (χ1) is 13.0. The Kier molecular flexibility index (Phi) is 5.94. The molecule has 3 rings (SSSR count). The highest BCUT2D eigenvalue weighted by Crippen LogP contribution is 2.24. The van der Waals surface area contributed by atoms with E-state index >= 15 is 0 Å². The highest BCUT2D eigenvalue weighted by Gasteiger charge is 2.17. The Bertz CT molecular complexity index is 984. The van der Waals surface area contributed by atoms with E-state index in [1.165, 1.54) is 0 Å². The molecule has 0 saturated heterocycles. The summed E-state index contributed by atoms with van der Waals surface area (Å²) in [5.74, 6) is 0. The first-order valence-electron chi connectivity index (χ1n) is 8.81. The Morgan fingerprint density at radius 3 is 2.07 bits per heavy atom. The molecule has 5 heteroatoms. The summed E-state index contributed by atoms with van der Waals surface area (Å²) in [6.45, 7) is 0.755. The lowest BCUT2D eigenvalue weighted by Gasteiger charge is -2.22. The molecule has 0 atom stereocenters. The molecular formula is C22H23NO3S. The predicted molar refractivity (Wildman–Crippen MR) is 108 cm³/mol. The van der Waals surface area contributed by atoms with Crippen molar-refractivity contribution in [1.82, 2.24) is 0 Å². The van der Waals surface area contributed by atoms with Crippen LogP contribution in [0.25, 0.3) is 0 Å². The van der Waals surface area contributed by atoms with Crippen LogP contribution < -0.4 is 4.90 Å². The van der Waals surface area contributed by atoms with Crippen molar-refractivity contribution in [2.24, 2.45) is 0 Å². The number of nitrogens with zero attached hydrogens (tertiary/aromatic N) is 1. The zero-order valence-electron chi connectivity index (χ0n) is 15.2. The lowest BCUT2D eigenvalue weighted by atomic mass is 10.1. The average Bonchev–Trinajstić information content (AvgIpc) is 2.70. The van der Waals surface area contributed by atoms with E-state index in [2.05, 4.69) is 4.90 Å². The monoisotopic (exact) mass is 381 g/mol. The number of anilines is 1. The lowest BCUT2D eigenvalue weighted by molar-refractivity contribution is 0.299. The summed E-state index contributed by atoms with van der Waals surface area (Å²) in [5, 5.41) is 9.24. The van der Waals surface area contributed by atoms with Gasteiger partial charge in [-0.15, -0.1) is 0 Å². The van der Waals surface area contributed by atoms with Crippen molar-refractivity contribution in [3.63, 3.8) is 0 Å². The number of hydrogen-bond donors (Lipinski definition) is 1. The van der Waals surface area contributed by atoms with E-state index in [-0.39, 0.29) is 6.61 Å². The van der Waals surface area contributed by atoms with Crippen LogP contribution in [0.2, 0.25) is 0 Å². The van der Waals surface area contributed by atoms with Crippen molar-refractivity contribution in [2.45, 2.75) is 22.8 Å². The van der Waals surface area contributed by atoms with Gasteiger partial charge in [-0.1, -0.05) is 48.5 Å². The minimum Gasteiger partial charge on any atom is -0.396 e. The average molecular weight is 381 g/mol. The molecule has 3 aromatic rings. The number of para-hydroxylation sites is 1. The van der Waals surface area contributed by atoms with Gasteiger partial charge in [0.25, 0.3) is 0 Å². The molecule has 0 unspecified atom stereocenters. The van der Waals surface area contributed by atoms with Crippen molar-refractivity contribution >= 4 is 15.5 Å². The van der Waals surface area contributed by atoms with Gasteiger partial charge in [-0.3, -0.25) is 0 Å². The zero-order chi connectivity index (χ0) is 19.3. The molecule has 1 N–H and O–H groups in total. The molecule has 0 aliphatic heterocycles. The maximum Gasteiger partial charge on any atom is 0.206 e. The van der Waals surface area contributed by atoms with Crippen LogP contribution in [-0.2, 0) is 22.8 Å². The van der Waals surface area contributed by atoms with Gasteiger partial charge in [0.2, 0.25) is 9.84 Å². The van der Waals surface area contributed by atoms with Crippen molar-refractivity contribution in [2.75, 3.05) is 18.6 Å². The molecule has 0 radical (unpaired) electrons. The second-order valence-corrected chi connectivity index (χ2v) is 8.37. The van der Waals surface area contributed by atoms with Crippen molar-refractivity contribution in [1.29, 1.82) is 0 Å². The van der Waals surface area contributed by atoms with Crippen molar-refractivity contribution in [3.8, 4) is 0 Å². The number of rotatable bonds is 7. The molecular weight excluding hydrogens is 358 g/mol. The van der Waals surface area contributed by atoms with E-state index in [1.807, 2.05) is 43.4 Å². The summed E-state index contributed by atoms with van der Waals surface area (Å²) in [7, 11) is -1.50. The quantitative estimate of drug-likeness (QED) is 0.678. The Morgan fingerprint density at radius 2 is 1.41 bits per heavy atom. The topological polar surface area (TPSA) is 57.6 Å². The fourth-order valence-electron chi connectivity index (χ4n) is 3.08. The summed E-state index contributed by atoms with van der Waals surface area (Å²) < 4.78 is 25.3. The fourth-order valence-corrected chi connectivity index (χ4v) is 4.37. The van der Waals surface area contributed by atoms with Gasteiger partial charge in [-0.05, 0) is 47.9 Å². The third kappa shape index (κ3) is 4.38. The van der Waals surface area contributed by atoms with Gasteiger partial charge in [0.15, 0.2) is 0 Å². The minimum atomic E-state index is -3.49. The molecule has 0 bridgehead atoms. The highest BCUT2D eigenvalue weighted by molar-refractivity contribution is 7.91. The van der Waals surface area contributed by atoms with Crippen LogP contribution in [0.5, 0.6) is 0 Å². The second kappa shape index (κ2) is 8.37. The molecule has 0 aliphatic rings. The third-order valence-electron chi connectivity index (χ3n) is 4.49. The van der Waals surface area contributed by atoms with Crippen LogP contribution in [0.3, 0.4) is 0 Å². The van der Waals surface area contributed by atoms with Crippen molar-refractivity contribution in [3.05, 3.63) is 90.0 Å². The molecule has 140 valence electrons. The van der Waals surface area contributed by atoms with Crippen molar-refractivity contribution < 1.29 is 13.5 Å². The van der Waals surface area contributed by atoms with E-state index in [0.717, 1.165) is 16.8 Å². The summed E-state index contributed by atoms with van der Waals surface area (Å²) in [6, 6.07) is 23.4. The Hall–Kier alpha value is -2.63. The van der Waals surface area contributed by atoms with Crippen LogP contribution in [0.15, 0.2) is 88.7 Å². The van der Waals surface area contributed by atoms with Crippen LogP contribution in [0.1, 0.15) is 11.1 Å². The first kappa shape index (κ1) is 19.1. The molecule has 27 heavy (non-hydrogen) atoms. The number of hydrogen-bond acceptors (Lipinski definition) is 4. The smallest absolute Gasteiger partial charge is 0.206 e. The van der Waals surface area contributed by atoms with Crippen LogP contribution >= 0.6 is 0 Å². The fraction of sp³-hybridized carbons (Fsp3) is 0.182. The standard InChI is InChI=1S/C22H23NO3S/c1-23(22-10-6-5-7-19(22)15-16-24)17-18-11-13-21(14-12-18)27(25,26)20-8-3-2-4-9-20/h2-14,24H,15-17H2,1H3. The predicted octanol–water partition coefficient (Wildman–Crippen LogP) is 3.69. The normalized spacial score (nSPS) is 11.3. The summed E-state index contributed by atoms with van der Waals surface area (Å²) in [6.07, 6.45) is 0.606. The van der Waals surface area contributed by atoms with E-state index < -0.39 is 9.84 Å². The maximum atomic E-state index is 12.7. The molecule has 0 heterocycles. The zero-order valence-corrected chi connectivity index (χ0v) is 16.1. The second-order valence-electron chi connectivity index (χ2n) is 6.42. The van der Waals surface area contributed by atoms with Crippen LogP contribution in [0.4, 0.5) is 5.69 Å². The largest absolute Gasteiger partial charge is 0.396 e. The molecule has 0 fully saturated rings. The summed E-state index contributed by atoms with van der Waals surface area (Å²) in [4.78, 5) is 2.69. The molecule has 0 spiro atoms. The van der Waals surface area contributed by atoms with Crippen LogP contribution in [0, 0.1) is 0 Å². The number of aliphatic hydroxyl groups excluding tert-OH is 1. The third-order valence-corrected chi connectivity index (χ3v) is 6.28. The Morgan fingerprint density at radius 1 is 0.815 bits per heavy atom. The van der Waals surface area contributed by atoms with E-state index in [1.54, 1.807) is 42.5 Å². The minimum absolute atomic E-state index is 0.108. The Balaban J connectivity index is 1.79. The first-order valence-corrected chi connectivity index (χ1v) is 10.3. The molecule has 0 aromatic heterocycles. The number of sulfone groups is 1. The van der Waals surface area contributed by atoms with Gasteiger partial charge in [-0.2, -0.15) is 0 Å². The van der Waals surface area contributed by atoms with Gasteiger partial charge in [0.05, 0.1) is 9.79 Å². The van der Waals surface area contributed by atoms with Gasteiger partial charge < -0.3 is 10.0 Å². The van der Waals surface area contributed by atoms with Gasteiger partial charge in [0, 0.05) is 25.9 Å². The highest BCUT2D eigenvalue weighted by atomic mass is 32.2. The summed E-state index contributed by atoms with van der Waals surface area (Å²) >= 11 is 0. The SMILES string of the molecule is CN(Cc1ccc(S(=O)(=O)c2ccccc2)cc1)c1ccccc1CCO. The molecule has 0 saturated carbocycles. The van der Waals surface area contributed by atoms with Crippen LogP contribution in [-0.4, -0.2) is 27.2 Å². The van der Waals surface area contributed by atoms with E-state index in [4.69, 9.17) is 0 Å². The van der Waals surface area contributed by atoms with E-state index in [0.29, 0.717) is 22.8 Å². The van der Waals surface area contributed by atoms with E-state index in [9.17, 15) is 13.5 Å². The molecule has 0 aliphatic carbocycles. The summed E-state index contributed by atoms with van der Waals surface area (Å²) in [5.41, 5.74) is 3.17. The lowest BCUT2D eigenvalue weighted by Crippen LogP contribution is -2.18. The molecule has 3 aromatic carbocycles.